The molecule has 2 aliphatic heterocycles. The summed E-state index contributed by atoms with van der Waals surface area (Å²) in [6.45, 7) is 8.48. The first-order valence-corrected chi connectivity index (χ1v) is 12.9. The zero-order valence-corrected chi connectivity index (χ0v) is 20.7. The first-order chi connectivity index (χ1) is 15.5. The number of nitrogens with zero attached hydrogens (tertiary/aromatic N) is 3. The number of rotatable bonds is 5. The molecule has 5 nitrogen and oxygen atoms in total. The Morgan fingerprint density at radius 2 is 1.78 bits per heavy atom. The Morgan fingerprint density at radius 1 is 1.09 bits per heavy atom. The number of thioether (sulfide) groups is 1. The summed E-state index contributed by atoms with van der Waals surface area (Å²) in [5, 5.41) is 1.07. The van der Waals surface area contributed by atoms with Gasteiger partial charge in [-0.05, 0) is 45.3 Å². The van der Waals surface area contributed by atoms with Crippen molar-refractivity contribution in [2.45, 2.75) is 65.5 Å². The van der Waals surface area contributed by atoms with E-state index < -0.39 is 0 Å². The molecule has 1 amide bonds. The van der Waals surface area contributed by atoms with Crippen LogP contribution in [0.25, 0.3) is 17.0 Å². The highest BCUT2D eigenvalue weighted by molar-refractivity contribution is 8.26. The molecule has 2 aromatic rings. The normalized spacial score (nSPS) is 19.8. The van der Waals surface area contributed by atoms with Gasteiger partial charge in [-0.25, -0.2) is 0 Å². The molecule has 1 atom stereocenters. The van der Waals surface area contributed by atoms with Gasteiger partial charge in [0.05, 0.1) is 21.7 Å². The molecule has 0 bridgehead atoms. The maximum atomic E-state index is 13.7. The average molecular weight is 470 g/mol. The zero-order chi connectivity index (χ0) is 22.8. The molecule has 2 aliphatic rings. The van der Waals surface area contributed by atoms with Gasteiger partial charge in [-0.15, -0.1) is 0 Å². The molecule has 2 saturated heterocycles. The van der Waals surface area contributed by atoms with Crippen LogP contribution >= 0.6 is 24.0 Å². The van der Waals surface area contributed by atoms with E-state index in [1.807, 2.05) is 49.6 Å². The van der Waals surface area contributed by atoms with Gasteiger partial charge in [-0.1, -0.05) is 61.9 Å². The fourth-order valence-electron chi connectivity index (χ4n) is 4.66. The molecule has 0 radical (unpaired) electrons. The number of aromatic nitrogens is 1. The molecule has 4 rings (SSSR count). The fraction of sp³-hybridized carbons (Fsp3) is 0.480. The molecule has 170 valence electrons. The number of pyridine rings is 1. The molecule has 3 heterocycles. The lowest BCUT2D eigenvalue weighted by Crippen LogP contribution is -2.36. The maximum absolute atomic E-state index is 13.7. The SMILES string of the molecule is CCC(C)N1C(=O)C(=Cc2c(N3CCCCCC3)c3ccccc3n(CC)c2=O)SC1=S. The number of aryl methyl sites for hydroxylation is 1. The van der Waals surface area contributed by atoms with Crippen LogP contribution in [0, 0.1) is 0 Å². The molecule has 1 unspecified atom stereocenters. The Morgan fingerprint density at radius 3 is 2.44 bits per heavy atom. The number of amides is 1. The van der Waals surface area contributed by atoms with Crippen LogP contribution in [-0.4, -0.2) is 38.8 Å². The maximum Gasteiger partial charge on any atom is 0.266 e. The highest BCUT2D eigenvalue weighted by Crippen LogP contribution is 2.37. The van der Waals surface area contributed by atoms with Crippen molar-refractivity contribution in [2.75, 3.05) is 18.0 Å². The zero-order valence-electron chi connectivity index (χ0n) is 19.1. The number of carbonyl (C=O) groups is 1. The number of hydrogen-bond acceptors (Lipinski definition) is 5. The molecule has 0 spiro atoms. The van der Waals surface area contributed by atoms with Gasteiger partial charge in [-0.2, -0.15) is 0 Å². The van der Waals surface area contributed by atoms with Crippen molar-refractivity contribution in [3.63, 3.8) is 0 Å². The Balaban J connectivity index is 1.94. The van der Waals surface area contributed by atoms with Crippen molar-refractivity contribution in [2.24, 2.45) is 0 Å². The second kappa shape index (κ2) is 9.79. The Labute approximate surface area is 199 Å². The number of carbonyl (C=O) groups excluding carboxylic acids is 1. The van der Waals surface area contributed by atoms with Crippen LogP contribution in [-0.2, 0) is 11.3 Å². The molecular formula is C25H31N3O2S2. The van der Waals surface area contributed by atoms with Gasteiger partial charge in [0.15, 0.2) is 0 Å². The molecule has 1 aromatic carbocycles. The summed E-state index contributed by atoms with van der Waals surface area (Å²) in [6.07, 6.45) is 7.29. The van der Waals surface area contributed by atoms with E-state index in [-0.39, 0.29) is 17.5 Å². The third kappa shape index (κ3) is 4.13. The largest absolute Gasteiger partial charge is 0.370 e. The fourth-order valence-corrected chi connectivity index (χ4v) is 6.11. The second-order valence-electron chi connectivity index (χ2n) is 8.54. The minimum Gasteiger partial charge on any atom is -0.370 e. The predicted octanol–water partition coefficient (Wildman–Crippen LogP) is 5.40. The Hall–Kier alpha value is -2.12. The lowest BCUT2D eigenvalue weighted by Gasteiger charge is -2.27. The van der Waals surface area contributed by atoms with Crippen molar-refractivity contribution < 1.29 is 4.79 Å². The number of hydrogen-bond donors (Lipinski definition) is 0. The minimum atomic E-state index is -0.0910. The quantitative estimate of drug-likeness (QED) is 0.433. The summed E-state index contributed by atoms with van der Waals surface area (Å²) >= 11 is 6.83. The van der Waals surface area contributed by atoms with Crippen molar-refractivity contribution in [3.8, 4) is 0 Å². The van der Waals surface area contributed by atoms with Gasteiger partial charge < -0.3 is 9.47 Å². The number of thiocarbonyl (C=S) groups is 1. The highest BCUT2D eigenvalue weighted by Gasteiger charge is 2.35. The average Bonchev–Trinajstić information content (AvgIpc) is 2.96. The van der Waals surface area contributed by atoms with Crippen molar-refractivity contribution in [1.82, 2.24) is 9.47 Å². The van der Waals surface area contributed by atoms with E-state index in [2.05, 4.69) is 11.0 Å². The number of benzene rings is 1. The molecular weight excluding hydrogens is 438 g/mol. The van der Waals surface area contributed by atoms with E-state index in [0.717, 1.165) is 48.9 Å². The summed E-state index contributed by atoms with van der Waals surface area (Å²) < 4.78 is 2.39. The second-order valence-corrected chi connectivity index (χ2v) is 10.2. The molecule has 7 heteroatoms. The lowest BCUT2D eigenvalue weighted by atomic mass is 10.1. The predicted molar refractivity (Wildman–Crippen MR) is 139 cm³/mol. The van der Waals surface area contributed by atoms with Crippen LogP contribution < -0.4 is 10.5 Å². The van der Waals surface area contributed by atoms with Crippen LogP contribution in [0.15, 0.2) is 34.0 Å². The molecule has 0 N–H and O–H groups in total. The van der Waals surface area contributed by atoms with Crippen molar-refractivity contribution in [1.29, 1.82) is 0 Å². The number of fused-ring (bicyclic) bond motifs is 1. The van der Waals surface area contributed by atoms with Gasteiger partial charge in [0.2, 0.25) is 0 Å². The molecule has 1 aromatic heterocycles. The molecule has 2 fully saturated rings. The van der Waals surface area contributed by atoms with Crippen LogP contribution in [0.3, 0.4) is 0 Å². The molecule has 32 heavy (non-hydrogen) atoms. The van der Waals surface area contributed by atoms with Crippen LogP contribution in [0.4, 0.5) is 5.69 Å². The summed E-state index contributed by atoms with van der Waals surface area (Å²) in [5.74, 6) is -0.0910. The van der Waals surface area contributed by atoms with Crippen LogP contribution in [0.5, 0.6) is 0 Å². The first-order valence-electron chi connectivity index (χ1n) is 11.7. The summed E-state index contributed by atoms with van der Waals surface area (Å²) in [4.78, 5) is 31.5. The smallest absolute Gasteiger partial charge is 0.266 e. The van der Waals surface area contributed by atoms with Crippen LogP contribution in [0.2, 0.25) is 0 Å². The van der Waals surface area contributed by atoms with Crippen LogP contribution in [0.1, 0.15) is 58.4 Å². The van der Waals surface area contributed by atoms with Crippen molar-refractivity contribution in [3.05, 3.63) is 45.1 Å². The minimum absolute atomic E-state index is 0.0424. The third-order valence-electron chi connectivity index (χ3n) is 6.55. The summed E-state index contributed by atoms with van der Waals surface area (Å²) in [6, 6.07) is 8.18. The summed E-state index contributed by atoms with van der Waals surface area (Å²) in [5.41, 5.74) is 2.48. The van der Waals surface area contributed by atoms with E-state index in [1.165, 1.54) is 24.6 Å². The monoisotopic (exact) mass is 469 g/mol. The van der Waals surface area contributed by atoms with Gasteiger partial charge in [0.1, 0.15) is 4.32 Å². The third-order valence-corrected chi connectivity index (χ3v) is 7.88. The Bertz CT molecular complexity index is 1130. The molecule has 0 saturated carbocycles. The highest BCUT2D eigenvalue weighted by atomic mass is 32.2. The number of para-hydroxylation sites is 1. The molecule has 0 aliphatic carbocycles. The van der Waals surface area contributed by atoms with Gasteiger partial charge in [-0.3, -0.25) is 14.5 Å². The Kier molecular flexibility index (Phi) is 7.05. The van der Waals surface area contributed by atoms with E-state index in [1.54, 1.807) is 4.90 Å². The lowest BCUT2D eigenvalue weighted by molar-refractivity contribution is -0.123. The van der Waals surface area contributed by atoms with Gasteiger partial charge >= 0.3 is 0 Å². The standard InChI is InChI=1S/C25H31N3O2S2/c1-4-17(3)28-24(30)21(32-25(28)31)16-19-22(26-14-10-6-7-11-15-26)18-12-8-9-13-20(18)27(5-2)23(19)29/h8-9,12-13,16-17H,4-7,10-11,14-15H2,1-3H3. The first kappa shape index (κ1) is 23.1. The van der Waals surface area contributed by atoms with E-state index in [0.29, 0.717) is 21.3 Å². The van der Waals surface area contributed by atoms with Crippen molar-refractivity contribution >= 4 is 56.9 Å². The topological polar surface area (TPSA) is 45.6 Å². The number of anilines is 1. The van der Waals surface area contributed by atoms with E-state index >= 15 is 0 Å². The van der Waals surface area contributed by atoms with E-state index in [9.17, 15) is 9.59 Å². The van der Waals surface area contributed by atoms with Gasteiger partial charge in [0, 0.05) is 31.1 Å². The van der Waals surface area contributed by atoms with E-state index in [4.69, 9.17) is 12.2 Å². The van der Waals surface area contributed by atoms with Gasteiger partial charge in [0.25, 0.3) is 11.5 Å². The summed E-state index contributed by atoms with van der Waals surface area (Å²) in [7, 11) is 0.